The molecule has 0 radical (unpaired) electrons. The van der Waals surface area contributed by atoms with Crippen molar-refractivity contribution in [2.75, 3.05) is 0 Å². The van der Waals surface area contributed by atoms with Crippen molar-refractivity contribution < 1.29 is 14.7 Å². The lowest BCUT2D eigenvalue weighted by atomic mass is 10.1. The number of carbonyl (C=O) groups is 2. The predicted octanol–water partition coefficient (Wildman–Crippen LogP) is 3.04. The number of fused-ring (bicyclic) bond motifs is 1. The summed E-state index contributed by atoms with van der Waals surface area (Å²) in [5.74, 6) is 0.00860. The molecule has 2 heterocycles. The third-order valence-corrected chi connectivity index (χ3v) is 5.31. The van der Waals surface area contributed by atoms with E-state index in [0.29, 0.717) is 11.6 Å². The minimum atomic E-state index is -0.250. The molecule has 0 saturated carbocycles. The molecule has 4 rings (SSSR count). The van der Waals surface area contributed by atoms with E-state index in [-0.39, 0.29) is 24.5 Å². The molecule has 0 bridgehead atoms. The Hall–Kier alpha value is -2.90. The number of aromatic nitrogens is 2. The molecule has 3 N–H and O–H groups in total. The smallest absolute Gasteiger partial charge is 0.290 e. The van der Waals surface area contributed by atoms with Gasteiger partial charge in [-0.1, -0.05) is 48.0 Å². The van der Waals surface area contributed by atoms with Crippen molar-refractivity contribution in [3.8, 4) is 0 Å². The summed E-state index contributed by atoms with van der Waals surface area (Å²) in [6, 6.07) is 16.0. The van der Waals surface area contributed by atoms with Gasteiger partial charge in [-0.05, 0) is 30.5 Å². The molecule has 0 aliphatic carbocycles. The molecule has 29 heavy (non-hydrogen) atoms. The zero-order valence-electron chi connectivity index (χ0n) is 16.0. The number of rotatable bonds is 4. The molecule has 0 spiro atoms. The number of amides is 1. The van der Waals surface area contributed by atoms with Gasteiger partial charge < -0.3 is 10.4 Å². The van der Waals surface area contributed by atoms with Crippen LogP contribution in [0.25, 0.3) is 10.9 Å². The fraction of sp³-hybridized carbons (Fsp3) is 0.286. The topological polar surface area (TPSA) is 96.3 Å². The van der Waals surface area contributed by atoms with E-state index in [1.807, 2.05) is 43.4 Å². The molecule has 152 valence electrons. The third-order valence-electron chi connectivity index (χ3n) is 4.99. The fourth-order valence-corrected chi connectivity index (χ4v) is 3.95. The summed E-state index contributed by atoms with van der Waals surface area (Å²) in [7, 11) is 1.88. The van der Waals surface area contributed by atoms with Crippen LogP contribution < -0.4 is 10.6 Å². The van der Waals surface area contributed by atoms with Crippen LogP contribution in [0.15, 0.2) is 48.5 Å². The Morgan fingerprint density at radius 2 is 2.00 bits per heavy atom. The molecular weight excluding hydrogens is 392 g/mol. The lowest BCUT2D eigenvalue weighted by molar-refractivity contribution is -0.123. The first-order chi connectivity index (χ1) is 14.0. The van der Waals surface area contributed by atoms with Crippen molar-refractivity contribution in [3.05, 3.63) is 64.8 Å². The minimum absolute atomic E-state index is 0.00860. The summed E-state index contributed by atoms with van der Waals surface area (Å²) in [5.41, 5.74) is 2.98. The molecule has 1 saturated heterocycles. The van der Waals surface area contributed by atoms with E-state index in [9.17, 15) is 4.79 Å². The molecule has 0 unspecified atom stereocenters. The van der Waals surface area contributed by atoms with E-state index >= 15 is 0 Å². The van der Waals surface area contributed by atoms with Crippen molar-refractivity contribution in [1.29, 1.82) is 0 Å². The average molecular weight is 415 g/mol. The van der Waals surface area contributed by atoms with Crippen molar-refractivity contribution in [2.24, 2.45) is 7.05 Å². The molecule has 7 nitrogen and oxygen atoms in total. The predicted molar refractivity (Wildman–Crippen MR) is 112 cm³/mol. The minimum Gasteiger partial charge on any atom is -0.483 e. The van der Waals surface area contributed by atoms with Crippen molar-refractivity contribution in [1.82, 2.24) is 20.4 Å². The molecule has 8 heteroatoms. The Labute approximate surface area is 173 Å². The largest absolute Gasteiger partial charge is 0.483 e. The number of nitrogens with one attached hydrogen (secondary N) is 2. The lowest BCUT2D eigenvalue weighted by Gasteiger charge is -2.14. The van der Waals surface area contributed by atoms with E-state index in [2.05, 4.69) is 27.9 Å². The van der Waals surface area contributed by atoms with E-state index in [1.54, 1.807) is 4.68 Å². The van der Waals surface area contributed by atoms with Gasteiger partial charge in [0, 0.05) is 18.5 Å². The standard InChI is InChI=1S/C20H21ClN4O.CH2O2/c1-25-18-9-5-8-14(21)19(18)17(24-25)12-22-20(26)16-11-10-15(23-16)13-6-3-2-4-7-13;2-1-3/h2-9,15-16,23H,10-12H2,1H3,(H,22,26);1H,(H,2,3)/t15-,16-;/m1./s1. The van der Waals surface area contributed by atoms with E-state index < -0.39 is 0 Å². The van der Waals surface area contributed by atoms with Gasteiger partial charge in [-0.25, -0.2) is 0 Å². The highest BCUT2D eigenvalue weighted by Crippen LogP contribution is 2.28. The van der Waals surface area contributed by atoms with Gasteiger partial charge in [-0.2, -0.15) is 5.10 Å². The van der Waals surface area contributed by atoms with Crippen molar-refractivity contribution in [3.63, 3.8) is 0 Å². The maximum atomic E-state index is 12.6. The molecule has 1 aliphatic rings. The summed E-state index contributed by atoms with van der Waals surface area (Å²) in [5, 5.41) is 19.4. The summed E-state index contributed by atoms with van der Waals surface area (Å²) >= 11 is 6.33. The van der Waals surface area contributed by atoms with Gasteiger partial charge in [0.05, 0.1) is 28.8 Å². The number of hydrogen-bond donors (Lipinski definition) is 3. The summed E-state index contributed by atoms with van der Waals surface area (Å²) in [6.07, 6.45) is 1.79. The highest BCUT2D eigenvalue weighted by molar-refractivity contribution is 6.35. The second-order valence-corrected chi connectivity index (χ2v) is 7.19. The van der Waals surface area contributed by atoms with Crippen LogP contribution in [-0.2, 0) is 23.2 Å². The Balaban J connectivity index is 0.000000755. The Morgan fingerprint density at radius 1 is 1.28 bits per heavy atom. The van der Waals surface area contributed by atoms with Crippen LogP contribution in [0.4, 0.5) is 0 Å². The highest BCUT2D eigenvalue weighted by Gasteiger charge is 2.29. The summed E-state index contributed by atoms with van der Waals surface area (Å²) < 4.78 is 1.79. The van der Waals surface area contributed by atoms with Gasteiger partial charge in [0.25, 0.3) is 6.47 Å². The van der Waals surface area contributed by atoms with Crippen LogP contribution in [0.2, 0.25) is 5.02 Å². The van der Waals surface area contributed by atoms with Gasteiger partial charge >= 0.3 is 0 Å². The Morgan fingerprint density at radius 3 is 2.72 bits per heavy atom. The molecule has 1 aliphatic heterocycles. The van der Waals surface area contributed by atoms with Crippen LogP contribution in [-0.4, -0.2) is 33.3 Å². The van der Waals surface area contributed by atoms with Crippen LogP contribution >= 0.6 is 11.6 Å². The zero-order valence-corrected chi connectivity index (χ0v) is 16.8. The number of halogens is 1. The maximum Gasteiger partial charge on any atom is 0.290 e. The molecular formula is C21H23ClN4O3. The molecule has 2 atom stereocenters. The molecule has 2 aromatic carbocycles. The van der Waals surface area contributed by atoms with Crippen molar-refractivity contribution >= 4 is 34.9 Å². The van der Waals surface area contributed by atoms with Crippen LogP contribution in [0.5, 0.6) is 0 Å². The van der Waals surface area contributed by atoms with E-state index in [4.69, 9.17) is 21.5 Å². The maximum absolute atomic E-state index is 12.6. The second kappa shape index (κ2) is 9.54. The number of hydrogen-bond acceptors (Lipinski definition) is 4. The SMILES string of the molecule is Cn1nc(CNC(=O)[C@H]2CC[C@H](c3ccccc3)N2)c2c(Cl)cccc21.O=CO. The number of benzene rings is 2. The third kappa shape index (κ3) is 4.75. The number of aryl methyl sites for hydroxylation is 1. The molecule has 1 amide bonds. The number of nitrogens with zero attached hydrogens (tertiary/aromatic N) is 2. The zero-order chi connectivity index (χ0) is 20.8. The monoisotopic (exact) mass is 414 g/mol. The summed E-state index contributed by atoms with van der Waals surface area (Å²) in [4.78, 5) is 20.9. The number of carboxylic acid groups (broad SMARTS) is 1. The van der Waals surface area contributed by atoms with Gasteiger partial charge in [-0.15, -0.1) is 0 Å². The fourth-order valence-electron chi connectivity index (χ4n) is 3.67. The molecule has 3 aromatic rings. The lowest BCUT2D eigenvalue weighted by Crippen LogP contribution is -2.40. The van der Waals surface area contributed by atoms with Gasteiger partial charge in [0.15, 0.2) is 0 Å². The first-order valence-electron chi connectivity index (χ1n) is 9.31. The molecule has 1 fully saturated rings. The highest BCUT2D eigenvalue weighted by atomic mass is 35.5. The first-order valence-corrected chi connectivity index (χ1v) is 9.69. The van der Waals surface area contributed by atoms with Crippen LogP contribution in [0.3, 0.4) is 0 Å². The quantitative estimate of drug-likeness (QED) is 0.570. The van der Waals surface area contributed by atoms with Crippen molar-refractivity contribution in [2.45, 2.75) is 31.5 Å². The van der Waals surface area contributed by atoms with Gasteiger partial charge in [0.1, 0.15) is 0 Å². The van der Waals surface area contributed by atoms with Crippen LogP contribution in [0, 0.1) is 0 Å². The van der Waals surface area contributed by atoms with E-state index in [0.717, 1.165) is 29.4 Å². The number of carbonyl (C=O) groups excluding carboxylic acids is 1. The Kier molecular flexibility index (Phi) is 6.85. The van der Waals surface area contributed by atoms with E-state index in [1.165, 1.54) is 5.56 Å². The molecule has 1 aromatic heterocycles. The van der Waals surface area contributed by atoms with Crippen LogP contribution in [0.1, 0.15) is 30.1 Å². The van der Waals surface area contributed by atoms with Gasteiger partial charge in [-0.3, -0.25) is 19.6 Å². The van der Waals surface area contributed by atoms with Gasteiger partial charge in [0.2, 0.25) is 5.91 Å². The second-order valence-electron chi connectivity index (χ2n) is 6.79. The first kappa shape index (κ1) is 20.8. The Bertz CT molecular complexity index is 990. The normalized spacial score (nSPS) is 18.1. The average Bonchev–Trinajstić information content (AvgIpc) is 3.34. The summed E-state index contributed by atoms with van der Waals surface area (Å²) in [6.45, 7) is 0.119.